The first-order valence-corrected chi connectivity index (χ1v) is 18.8. The van der Waals surface area contributed by atoms with Gasteiger partial charge in [0.05, 0.1) is 0 Å². The summed E-state index contributed by atoms with van der Waals surface area (Å²) in [5.74, 6) is -0.710. The van der Waals surface area contributed by atoms with Crippen molar-refractivity contribution in [2.75, 3.05) is 0 Å². The van der Waals surface area contributed by atoms with Crippen molar-refractivity contribution in [2.45, 2.75) is 213 Å². The third kappa shape index (κ3) is 34.8. The lowest BCUT2D eigenvalue weighted by atomic mass is 10.0. The van der Waals surface area contributed by atoms with Crippen LogP contribution in [0.1, 0.15) is 206 Å². The van der Waals surface area contributed by atoms with Gasteiger partial charge in [-0.2, -0.15) is 0 Å². The molecule has 1 atom stereocenters. The number of ether oxygens (including phenoxy) is 1. The minimum absolute atomic E-state index is 0.00733. The Hall–Kier alpha value is -1.58. The molecule has 43 heavy (non-hydrogen) atoms. The van der Waals surface area contributed by atoms with Gasteiger partial charge in [0.25, 0.3) is 0 Å². The first-order valence-electron chi connectivity index (χ1n) is 18.8. The Morgan fingerprint density at radius 2 is 0.907 bits per heavy atom. The monoisotopic (exact) mass is 605 g/mol. The average Bonchev–Trinajstić information content (AvgIpc) is 2.99. The smallest absolute Gasteiger partial charge is 0.306 e. The molecule has 0 aliphatic carbocycles. The van der Waals surface area contributed by atoms with E-state index in [0.29, 0.717) is 6.42 Å². The number of rotatable bonds is 34. The molecule has 1 N–H and O–H groups in total. The fourth-order valence-electron chi connectivity index (χ4n) is 5.63. The van der Waals surface area contributed by atoms with Crippen LogP contribution in [0, 0.1) is 0 Å². The maximum Gasteiger partial charge on any atom is 0.306 e. The van der Waals surface area contributed by atoms with Gasteiger partial charge in [0, 0.05) is 12.8 Å². The molecule has 0 saturated heterocycles. The highest BCUT2D eigenvalue weighted by molar-refractivity contribution is 5.69. The van der Waals surface area contributed by atoms with Gasteiger partial charge in [0.1, 0.15) is 6.10 Å². The van der Waals surface area contributed by atoms with E-state index in [-0.39, 0.29) is 18.5 Å². The van der Waals surface area contributed by atoms with E-state index in [9.17, 15) is 9.59 Å². The van der Waals surface area contributed by atoms with Crippen LogP contribution in [-0.2, 0) is 14.3 Å². The van der Waals surface area contributed by atoms with E-state index >= 15 is 0 Å². The fraction of sp³-hybridized carbons (Fsp3) is 0.846. The van der Waals surface area contributed by atoms with Gasteiger partial charge in [0.2, 0.25) is 0 Å². The quantitative estimate of drug-likeness (QED) is 0.0451. The van der Waals surface area contributed by atoms with Gasteiger partial charge < -0.3 is 9.84 Å². The van der Waals surface area contributed by atoms with E-state index in [0.717, 1.165) is 70.6 Å². The summed E-state index contributed by atoms with van der Waals surface area (Å²) < 4.78 is 5.91. The van der Waals surface area contributed by atoms with Crippen LogP contribution in [0.2, 0.25) is 0 Å². The highest BCUT2D eigenvalue weighted by atomic mass is 16.5. The van der Waals surface area contributed by atoms with E-state index in [1.165, 1.54) is 109 Å². The Morgan fingerprint density at radius 3 is 1.42 bits per heavy atom. The molecular weight excluding hydrogens is 532 g/mol. The molecule has 0 saturated carbocycles. The number of carbonyl (C=O) groups excluding carboxylic acids is 1. The first kappa shape index (κ1) is 41.4. The van der Waals surface area contributed by atoms with Crippen molar-refractivity contribution >= 4 is 11.9 Å². The van der Waals surface area contributed by atoms with E-state index in [2.05, 4.69) is 38.2 Å². The molecule has 0 fully saturated rings. The number of aliphatic carboxylic acids is 1. The van der Waals surface area contributed by atoms with Crippen molar-refractivity contribution < 1.29 is 19.4 Å². The number of hydrogen-bond acceptors (Lipinski definition) is 3. The average molecular weight is 605 g/mol. The van der Waals surface area contributed by atoms with Crippen LogP contribution >= 0.6 is 0 Å². The van der Waals surface area contributed by atoms with Gasteiger partial charge in [-0.05, 0) is 70.6 Å². The van der Waals surface area contributed by atoms with Gasteiger partial charge in [-0.15, -0.1) is 0 Å². The molecule has 4 nitrogen and oxygen atoms in total. The molecule has 1 unspecified atom stereocenters. The lowest BCUT2D eigenvalue weighted by molar-refractivity contribution is -0.150. The number of hydrogen-bond donors (Lipinski definition) is 1. The lowest BCUT2D eigenvalue weighted by Crippen LogP contribution is -2.18. The van der Waals surface area contributed by atoms with Crippen LogP contribution in [0.25, 0.3) is 0 Å². The molecule has 0 radical (unpaired) electrons. The zero-order chi connectivity index (χ0) is 31.5. The van der Waals surface area contributed by atoms with Crippen molar-refractivity contribution in [2.24, 2.45) is 0 Å². The van der Waals surface area contributed by atoms with Gasteiger partial charge in [-0.25, -0.2) is 0 Å². The summed E-state index contributed by atoms with van der Waals surface area (Å²) in [6, 6.07) is 0. The Balaban J connectivity index is 3.68. The molecule has 0 bridgehead atoms. The van der Waals surface area contributed by atoms with Gasteiger partial charge >= 0.3 is 11.9 Å². The SMILES string of the molecule is CCCCC/C=C\C/C=C\CCCCCCCCCCCCCC(=O)OC(CCCCCC)CCCCCCCC(=O)O. The van der Waals surface area contributed by atoms with Crippen molar-refractivity contribution in [3.8, 4) is 0 Å². The Kier molecular flexibility index (Phi) is 33.6. The van der Waals surface area contributed by atoms with Gasteiger partial charge in [-0.3, -0.25) is 9.59 Å². The van der Waals surface area contributed by atoms with Crippen LogP contribution in [0.3, 0.4) is 0 Å². The maximum atomic E-state index is 12.5. The molecule has 0 amide bonds. The summed E-state index contributed by atoms with van der Waals surface area (Å²) in [6.45, 7) is 4.48. The lowest BCUT2D eigenvalue weighted by Gasteiger charge is -2.18. The fourth-order valence-corrected chi connectivity index (χ4v) is 5.63. The van der Waals surface area contributed by atoms with E-state index in [4.69, 9.17) is 9.84 Å². The molecule has 252 valence electrons. The van der Waals surface area contributed by atoms with Gasteiger partial charge in [0.15, 0.2) is 0 Å². The normalized spacial score (nSPS) is 12.4. The van der Waals surface area contributed by atoms with E-state index in [1.807, 2.05) is 0 Å². The number of allylic oxidation sites excluding steroid dienone is 4. The molecule has 0 aromatic rings. The number of unbranched alkanes of at least 4 members (excludes halogenated alkanes) is 21. The summed E-state index contributed by atoms with van der Waals surface area (Å²) >= 11 is 0. The molecule has 0 aliphatic rings. The van der Waals surface area contributed by atoms with E-state index in [1.54, 1.807) is 0 Å². The second kappa shape index (κ2) is 34.9. The molecule has 0 aromatic carbocycles. The standard InChI is InChI=1S/C39H72O4/c1-3-5-7-9-10-11-12-13-14-15-16-17-18-19-20-21-22-23-24-28-32-36-39(42)43-37(33-29-8-6-4-2)34-30-26-25-27-31-35-38(40)41/h10-11,13-14,37H,3-9,12,15-36H2,1-2H3,(H,40,41)/b11-10-,14-13-. The minimum atomic E-state index is -0.702. The zero-order valence-corrected chi connectivity index (χ0v) is 28.8. The van der Waals surface area contributed by atoms with Crippen molar-refractivity contribution in [1.29, 1.82) is 0 Å². The number of esters is 1. The topological polar surface area (TPSA) is 63.6 Å². The minimum Gasteiger partial charge on any atom is -0.481 e. The number of carbonyl (C=O) groups is 2. The second-order valence-corrected chi connectivity index (χ2v) is 12.8. The van der Waals surface area contributed by atoms with Crippen LogP contribution in [0.15, 0.2) is 24.3 Å². The molecule has 0 aromatic heterocycles. The molecule has 0 spiro atoms. The largest absolute Gasteiger partial charge is 0.481 e. The summed E-state index contributed by atoms with van der Waals surface area (Å²) in [5.41, 5.74) is 0. The predicted octanol–water partition coefficient (Wildman–Crippen LogP) is 12.8. The predicted molar refractivity (Wildman–Crippen MR) is 186 cm³/mol. The van der Waals surface area contributed by atoms with Gasteiger partial charge in [-0.1, -0.05) is 147 Å². The zero-order valence-electron chi connectivity index (χ0n) is 28.8. The van der Waals surface area contributed by atoms with Crippen LogP contribution in [0.5, 0.6) is 0 Å². The van der Waals surface area contributed by atoms with Crippen molar-refractivity contribution in [1.82, 2.24) is 0 Å². The Morgan fingerprint density at radius 1 is 0.512 bits per heavy atom. The summed E-state index contributed by atoms with van der Waals surface area (Å²) in [6.07, 6.45) is 43.6. The second-order valence-electron chi connectivity index (χ2n) is 12.8. The summed E-state index contributed by atoms with van der Waals surface area (Å²) in [7, 11) is 0. The number of carboxylic acid groups (broad SMARTS) is 1. The molecule has 4 heteroatoms. The molecule has 0 heterocycles. The van der Waals surface area contributed by atoms with Crippen molar-refractivity contribution in [3.05, 3.63) is 24.3 Å². The first-order chi connectivity index (χ1) is 21.1. The Labute approximate surface area is 267 Å². The highest BCUT2D eigenvalue weighted by Gasteiger charge is 2.14. The molecular formula is C39H72O4. The maximum absolute atomic E-state index is 12.5. The highest BCUT2D eigenvalue weighted by Crippen LogP contribution is 2.18. The Bertz CT molecular complexity index is 654. The van der Waals surface area contributed by atoms with Crippen molar-refractivity contribution in [3.63, 3.8) is 0 Å². The van der Waals surface area contributed by atoms with Crippen LogP contribution < -0.4 is 0 Å². The number of carboxylic acids is 1. The summed E-state index contributed by atoms with van der Waals surface area (Å²) in [4.78, 5) is 23.1. The van der Waals surface area contributed by atoms with E-state index < -0.39 is 5.97 Å². The summed E-state index contributed by atoms with van der Waals surface area (Å²) in [5, 5.41) is 8.75. The molecule has 0 rings (SSSR count). The van der Waals surface area contributed by atoms with Crippen LogP contribution in [-0.4, -0.2) is 23.1 Å². The third-order valence-corrected chi connectivity index (χ3v) is 8.43. The third-order valence-electron chi connectivity index (χ3n) is 8.43. The molecule has 0 aliphatic heterocycles. The van der Waals surface area contributed by atoms with Crippen LogP contribution in [0.4, 0.5) is 0 Å².